The van der Waals surface area contributed by atoms with E-state index in [1.165, 1.54) is 11.8 Å². The van der Waals surface area contributed by atoms with Gasteiger partial charge in [-0.3, -0.25) is 9.08 Å². The Kier molecular flexibility index (Phi) is 6.73. The molecule has 32 heavy (non-hydrogen) atoms. The molecule has 0 saturated heterocycles. The van der Waals surface area contributed by atoms with Crippen molar-refractivity contribution in [2.45, 2.75) is 47.0 Å². The van der Waals surface area contributed by atoms with Crippen LogP contribution in [0.15, 0.2) is 63.7 Å². The van der Waals surface area contributed by atoms with E-state index in [9.17, 15) is 18.5 Å². The maximum Gasteiger partial charge on any atom is 0.329 e. The van der Waals surface area contributed by atoms with Crippen molar-refractivity contribution < 1.29 is 17.5 Å². The van der Waals surface area contributed by atoms with Crippen molar-refractivity contribution in [1.29, 1.82) is 5.26 Å². The van der Waals surface area contributed by atoms with Gasteiger partial charge in [0.15, 0.2) is 0 Å². The molecule has 1 heterocycles. The topological polar surface area (TPSA) is 96.6 Å². The Bertz CT molecular complexity index is 1150. The molecular formula is C24H28N2O4S2. The molecule has 2 saturated carbocycles. The molecule has 2 atom stereocenters. The summed E-state index contributed by atoms with van der Waals surface area (Å²) in [6, 6.07) is 2.18. The average molecular weight is 473 g/mol. The van der Waals surface area contributed by atoms with Crippen LogP contribution in [0, 0.1) is 28.1 Å². The number of Topliss-reactive ketones (excluding diaryl/α,β-unsaturated/α-hetero) is 1. The molecule has 8 heteroatoms. The highest BCUT2D eigenvalue weighted by molar-refractivity contribution is 8.17. The largest absolute Gasteiger partial charge is 0.329 e. The fourth-order valence-corrected chi connectivity index (χ4v) is 7.43. The van der Waals surface area contributed by atoms with Crippen LogP contribution in [-0.2, 0) is 19.2 Å². The van der Waals surface area contributed by atoms with Crippen molar-refractivity contribution in [2.75, 3.05) is 5.75 Å². The van der Waals surface area contributed by atoms with Crippen LogP contribution in [0.2, 0.25) is 0 Å². The zero-order valence-corrected chi connectivity index (χ0v) is 20.5. The molecule has 2 unspecified atom stereocenters. The minimum atomic E-state index is -4.11. The zero-order chi connectivity index (χ0) is 23.7. The fourth-order valence-electron chi connectivity index (χ4n) is 5.15. The number of nitriles is 1. The van der Waals surface area contributed by atoms with Crippen LogP contribution in [0.4, 0.5) is 0 Å². The van der Waals surface area contributed by atoms with Gasteiger partial charge in [0, 0.05) is 12.0 Å². The van der Waals surface area contributed by atoms with E-state index >= 15 is 0 Å². The molecule has 2 fully saturated rings. The Morgan fingerprint density at radius 3 is 2.72 bits per heavy atom. The summed E-state index contributed by atoms with van der Waals surface area (Å²) in [5.74, 6) is -0.161. The first-order valence-electron chi connectivity index (χ1n) is 10.5. The quantitative estimate of drug-likeness (QED) is 0.287. The van der Waals surface area contributed by atoms with Crippen molar-refractivity contribution in [1.82, 2.24) is 0 Å². The van der Waals surface area contributed by atoms with E-state index < -0.39 is 15.5 Å². The van der Waals surface area contributed by atoms with Crippen LogP contribution < -0.4 is 0 Å². The zero-order valence-electron chi connectivity index (χ0n) is 18.8. The Morgan fingerprint density at radius 2 is 2.19 bits per heavy atom. The summed E-state index contributed by atoms with van der Waals surface area (Å²) in [5, 5.41) is 15.7. The van der Waals surface area contributed by atoms with E-state index in [-0.39, 0.29) is 27.9 Å². The van der Waals surface area contributed by atoms with Gasteiger partial charge in [0.2, 0.25) is 0 Å². The molecular weight excluding hydrogens is 444 g/mol. The lowest BCUT2D eigenvalue weighted by Gasteiger charge is -2.35. The lowest BCUT2D eigenvalue weighted by Crippen LogP contribution is -2.42. The summed E-state index contributed by atoms with van der Waals surface area (Å²) in [6.07, 6.45) is 8.86. The van der Waals surface area contributed by atoms with Crippen molar-refractivity contribution in [3.8, 4) is 6.07 Å². The number of fused-ring (bicyclic) bond motifs is 2. The Labute approximate surface area is 194 Å². The second-order valence-corrected chi connectivity index (χ2v) is 11.4. The second-order valence-electron chi connectivity index (χ2n) is 8.96. The van der Waals surface area contributed by atoms with Crippen LogP contribution in [0.3, 0.4) is 0 Å². The Hall–Kier alpha value is -2.37. The normalized spacial score (nSPS) is 30.0. The SMILES string of the molecule is C=CC(/C(C#N)=C1\C=CS\C1=N/OS(=O)(=O)CC12CCC(CC1=O)C2(C)C)=C(C)\C=C/C. The summed E-state index contributed by atoms with van der Waals surface area (Å²) in [5.41, 5.74) is 0.990. The van der Waals surface area contributed by atoms with Gasteiger partial charge in [-0.05, 0) is 60.7 Å². The molecule has 0 amide bonds. The molecule has 0 radical (unpaired) electrons. The standard InChI is InChI=1S/C24H28N2O4S2/c1-6-8-16(3)18(7-2)20(14-25)19-10-12-31-22(19)26-30-32(28,29)15-24-11-9-17(13-21(24)27)23(24,4)5/h6-8,10,12,17H,2,9,11,13,15H2,1,3-5H3/b8-6-,18-16+,20-19+,26-22-. The monoisotopic (exact) mass is 472 g/mol. The van der Waals surface area contributed by atoms with Crippen LogP contribution >= 0.6 is 11.8 Å². The number of oxime groups is 1. The third kappa shape index (κ3) is 4.04. The third-order valence-electron chi connectivity index (χ3n) is 7.14. The molecule has 0 N–H and O–H groups in total. The van der Waals surface area contributed by atoms with Gasteiger partial charge in [-0.15, -0.1) is 0 Å². The number of carbonyl (C=O) groups is 1. The number of hydrogen-bond acceptors (Lipinski definition) is 7. The molecule has 2 aliphatic carbocycles. The minimum Gasteiger partial charge on any atom is -0.299 e. The number of carbonyl (C=O) groups excluding carboxylic acids is 1. The molecule has 0 spiro atoms. The highest BCUT2D eigenvalue weighted by Gasteiger charge is 2.65. The van der Waals surface area contributed by atoms with Gasteiger partial charge < -0.3 is 0 Å². The van der Waals surface area contributed by atoms with Crippen molar-refractivity contribution in [3.63, 3.8) is 0 Å². The first kappa shape index (κ1) is 24.3. The van der Waals surface area contributed by atoms with Gasteiger partial charge in [0.05, 0.1) is 11.0 Å². The van der Waals surface area contributed by atoms with Crippen molar-refractivity contribution in [2.24, 2.45) is 21.9 Å². The lowest BCUT2D eigenvalue weighted by molar-refractivity contribution is -0.128. The van der Waals surface area contributed by atoms with Crippen molar-refractivity contribution >= 4 is 32.7 Å². The second kappa shape index (κ2) is 8.87. The van der Waals surface area contributed by atoms with Crippen LogP contribution in [-0.4, -0.2) is 25.0 Å². The number of rotatable bonds is 7. The predicted octanol–water partition coefficient (Wildman–Crippen LogP) is 5.20. The van der Waals surface area contributed by atoms with E-state index in [0.29, 0.717) is 29.6 Å². The smallest absolute Gasteiger partial charge is 0.299 e. The van der Waals surface area contributed by atoms with Crippen LogP contribution in [0.5, 0.6) is 0 Å². The summed E-state index contributed by atoms with van der Waals surface area (Å²) in [6.45, 7) is 11.5. The van der Waals surface area contributed by atoms with E-state index in [0.717, 1.165) is 12.0 Å². The van der Waals surface area contributed by atoms with Crippen LogP contribution in [0.25, 0.3) is 0 Å². The van der Waals surface area contributed by atoms with Gasteiger partial charge in [0.25, 0.3) is 0 Å². The number of thioether (sulfide) groups is 1. The first-order chi connectivity index (χ1) is 15.0. The maximum absolute atomic E-state index is 12.9. The molecule has 0 aromatic rings. The van der Waals surface area contributed by atoms with Gasteiger partial charge >= 0.3 is 10.1 Å². The summed E-state index contributed by atoms with van der Waals surface area (Å²) < 4.78 is 30.8. The molecule has 2 bridgehead atoms. The molecule has 0 aromatic carbocycles. The number of allylic oxidation sites excluding steroid dienone is 7. The number of ketones is 1. The summed E-state index contributed by atoms with van der Waals surface area (Å²) in [4.78, 5) is 12.7. The molecule has 3 rings (SSSR count). The highest BCUT2D eigenvalue weighted by atomic mass is 32.2. The molecule has 0 aromatic heterocycles. The number of hydrogen-bond donors (Lipinski definition) is 0. The van der Waals surface area contributed by atoms with E-state index in [1.807, 2.05) is 39.8 Å². The molecule has 6 nitrogen and oxygen atoms in total. The lowest BCUT2D eigenvalue weighted by atomic mass is 9.70. The Morgan fingerprint density at radius 1 is 1.47 bits per heavy atom. The first-order valence-corrected chi connectivity index (χ1v) is 13.0. The van der Waals surface area contributed by atoms with Gasteiger partial charge in [-0.25, -0.2) is 0 Å². The molecule has 3 aliphatic rings. The summed E-state index contributed by atoms with van der Waals surface area (Å²) >= 11 is 1.17. The number of nitrogens with zero attached hydrogens (tertiary/aromatic N) is 2. The van der Waals surface area contributed by atoms with Crippen molar-refractivity contribution in [3.05, 3.63) is 58.6 Å². The van der Waals surface area contributed by atoms with Crippen LogP contribution in [0.1, 0.15) is 47.0 Å². The third-order valence-corrected chi connectivity index (χ3v) is 9.07. The van der Waals surface area contributed by atoms with Gasteiger partial charge in [-0.2, -0.15) is 13.7 Å². The van der Waals surface area contributed by atoms with E-state index in [2.05, 4.69) is 17.8 Å². The fraction of sp³-hybridized carbons (Fsp3) is 0.458. The Balaban J connectivity index is 1.91. The van der Waals surface area contributed by atoms with Gasteiger partial charge in [-0.1, -0.05) is 55.6 Å². The van der Waals surface area contributed by atoms with E-state index in [4.69, 9.17) is 4.28 Å². The molecule has 1 aliphatic heterocycles. The predicted molar refractivity (Wildman–Crippen MR) is 128 cm³/mol. The molecule has 170 valence electrons. The highest BCUT2D eigenvalue weighted by Crippen LogP contribution is 2.64. The van der Waals surface area contributed by atoms with Gasteiger partial charge in [0.1, 0.15) is 22.6 Å². The van der Waals surface area contributed by atoms with E-state index in [1.54, 1.807) is 17.6 Å². The minimum absolute atomic E-state index is 0.00283. The summed E-state index contributed by atoms with van der Waals surface area (Å²) in [7, 11) is -4.11. The maximum atomic E-state index is 12.9. The average Bonchev–Trinajstić information content (AvgIpc) is 3.33.